The fraction of sp³-hybridized carbons (Fsp3) is 0.571. The Hall–Kier alpha value is -0.643. The van der Waals surface area contributed by atoms with Crippen molar-refractivity contribution in [2.24, 2.45) is 0 Å². The number of rotatable bonds is 4. The molecule has 0 heterocycles. The Morgan fingerprint density at radius 3 is 2.12 bits per heavy atom. The molecule has 0 saturated carbocycles. The molecule has 17 heavy (non-hydrogen) atoms. The quantitative estimate of drug-likeness (QED) is 0.659. The summed E-state index contributed by atoms with van der Waals surface area (Å²) in [5.74, 6) is -1.08. The maximum atomic E-state index is 10.4. The maximum absolute atomic E-state index is 10.4. The van der Waals surface area contributed by atoms with Gasteiger partial charge >= 0.3 is 0 Å². The molecular formula is C14H24O2Si. The van der Waals surface area contributed by atoms with Gasteiger partial charge in [-0.25, -0.2) is 0 Å². The van der Waals surface area contributed by atoms with Gasteiger partial charge in [-0.05, 0) is 17.5 Å². The van der Waals surface area contributed by atoms with Crippen LogP contribution in [0, 0.1) is 0 Å². The maximum Gasteiger partial charge on any atom is 0.170 e. The molecule has 0 aliphatic heterocycles. The summed E-state index contributed by atoms with van der Waals surface area (Å²) in [6, 6.07) is 10.0. The normalized spacial score (nSPS) is 18.2. The van der Waals surface area contributed by atoms with Crippen LogP contribution >= 0.6 is 0 Å². The van der Waals surface area contributed by atoms with Crippen LogP contribution in [0.3, 0.4) is 0 Å². The molecule has 0 amide bonds. The van der Waals surface area contributed by atoms with Crippen molar-refractivity contribution in [3.63, 3.8) is 0 Å². The van der Waals surface area contributed by atoms with E-state index in [-0.39, 0.29) is 11.0 Å². The second-order valence-corrected chi connectivity index (χ2v) is 8.74. The third-order valence-electron chi connectivity index (χ3n) is 2.90. The SMILES string of the molecule is CC(c1ccccc1)C(C)(O)O[SiH2]C(C)(C)C. The van der Waals surface area contributed by atoms with Crippen molar-refractivity contribution in [3.8, 4) is 0 Å². The van der Waals surface area contributed by atoms with Crippen molar-refractivity contribution in [1.29, 1.82) is 0 Å². The smallest absolute Gasteiger partial charge is 0.170 e. The van der Waals surface area contributed by atoms with Crippen LogP contribution in [-0.4, -0.2) is 20.7 Å². The summed E-state index contributed by atoms with van der Waals surface area (Å²) in [5.41, 5.74) is 1.11. The van der Waals surface area contributed by atoms with Gasteiger partial charge in [0, 0.05) is 5.92 Å². The monoisotopic (exact) mass is 252 g/mol. The van der Waals surface area contributed by atoms with Gasteiger partial charge in [0.2, 0.25) is 0 Å². The first-order chi connectivity index (χ1) is 7.72. The van der Waals surface area contributed by atoms with Crippen molar-refractivity contribution < 1.29 is 9.53 Å². The fourth-order valence-corrected chi connectivity index (χ4v) is 2.51. The first-order valence-corrected chi connectivity index (χ1v) is 7.42. The van der Waals surface area contributed by atoms with E-state index >= 15 is 0 Å². The third-order valence-corrected chi connectivity index (χ3v) is 4.50. The van der Waals surface area contributed by atoms with Crippen LogP contribution in [0.4, 0.5) is 0 Å². The standard InChI is InChI=1S/C14H24O2Si/c1-11(12-9-7-6-8-10-12)14(5,15)16-17-13(2,3)4/h6-11,15H,17H2,1-5H3. The Morgan fingerprint density at radius 2 is 1.65 bits per heavy atom. The van der Waals surface area contributed by atoms with Gasteiger partial charge in [-0.1, -0.05) is 58.0 Å². The molecule has 0 aliphatic rings. The van der Waals surface area contributed by atoms with Crippen LogP contribution < -0.4 is 0 Å². The highest BCUT2D eigenvalue weighted by Crippen LogP contribution is 2.31. The zero-order valence-electron chi connectivity index (χ0n) is 11.5. The summed E-state index contributed by atoms with van der Waals surface area (Å²) in [7, 11) is -0.752. The number of aliphatic hydroxyl groups is 1. The van der Waals surface area contributed by atoms with E-state index in [1.165, 1.54) is 0 Å². The lowest BCUT2D eigenvalue weighted by atomic mass is 9.94. The molecule has 0 spiro atoms. The van der Waals surface area contributed by atoms with Gasteiger partial charge in [-0.3, -0.25) is 0 Å². The lowest BCUT2D eigenvalue weighted by molar-refractivity contribution is -0.139. The number of hydrogen-bond donors (Lipinski definition) is 1. The number of benzene rings is 1. The molecule has 1 rings (SSSR count). The van der Waals surface area contributed by atoms with E-state index in [0.717, 1.165) is 5.56 Å². The molecule has 0 fully saturated rings. The molecule has 1 N–H and O–H groups in total. The van der Waals surface area contributed by atoms with Crippen LogP contribution in [-0.2, 0) is 4.43 Å². The summed E-state index contributed by atoms with van der Waals surface area (Å²) >= 11 is 0. The molecule has 0 aromatic heterocycles. The molecule has 2 unspecified atom stereocenters. The zero-order valence-corrected chi connectivity index (χ0v) is 12.9. The molecule has 0 radical (unpaired) electrons. The zero-order chi connectivity index (χ0) is 13.1. The summed E-state index contributed by atoms with van der Waals surface area (Å²) in [6.07, 6.45) is 0. The first kappa shape index (κ1) is 14.4. The fourth-order valence-electron chi connectivity index (χ4n) is 1.54. The predicted molar refractivity (Wildman–Crippen MR) is 74.8 cm³/mol. The Kier molecular flexibility index (Phi) is 4.53. The molecule has 0 bridgehead atoms. The Bertz CT molecular complexity index is 341. The van der Waals surface area contributed by atoms with E-state index in [4.69, 9.17) is 4.43 Å². The van der Waals surface area contributed by atoms with Gasteiger partial charge in [0.05, 0.1) is 0 Å². The van der Waals surface area contributed by atoms with Crippen LogP contribution in [0.1, 0.15) is 46.1 Å². The van der Waals surface area contributed by atoms with Crippen LogP contribution in [0.5, 0.6) is 0 Å². The van der Waals surface area contributed by atoms with E-state index in [2.05, 4.69) is 20.8 Å². The van der Waals surface area contributed by atoms with E-state index in [1.807, 2.05) is 37.3 Å². The van der Waals surface area contributed by atoms with Gasteiger partial charge in [0.1, 0.15) is 0 Å². The second kappa shape index (κ2) is 5.34. The molecule has 2 atom stereocenters. The van der Waals surface area contributed by atoms with Gasteiger partial charge in [-0.15, -0.1) is 0 Å². The summed E-state index contributed by atoms with van der Waals surface area (Å²) in [6.45, 7) is 10.2. The van der Waals surface area contributed by atoms with Crippen LogP contribution in [0.15, 0.2) is 30.3 Å². The Labute approximate surface area is 107 Å². The van der Waals surface area contributed by atoms with E-state index in [9.17, 15) is 5.11 Å². The first-order valence-electron chi connectivity index (χ1n) is 6.14. The summed E-state index contributed by atoms with van der Waals surface area (Å²) < 4.78 is 5.80. The highest BCUT2D eigenvalue weighted by molar-refractivity contribution is 6.31. The van der Waals surface area contributed by atoms with Crippen molar-refractivity contribution in [2.75, 3.05) is 0 Å². The molecule has 1 aromatic rings. The van der Waals surface area contributed by atoms with E-state index in [1.54, 1.807) is 6.92 Å². The average Bonchev–Trinajstić information content (AvgIpc) is 2.26. The molecule has 2 nitrogen and oxygen atoms in total. The van der Waals surface area contributed by atoms with E-state index in [0.29, 0.717) is 0 Å². The molecule has 0 aliphatic carbocycles. The Morgan fingerprint density at radius 1 is 1.12 bits per heavy atom. The topological polar surface area (TPSA) is 29.5 Å². The van der Waals surface area contributed by atoms with Crippen molar-refractivity contribution in [1.82, 2.24) is 0 Å². The minimum absolute atomic E-state index is 0.0152. The van der Waals surface area contributed by atoms with Gasteiger partial charge in [-0.2, -0.15) is 0 Å². The molecule has 0 saturated heterocycles. The molecular weight excluding hydrogens is 228 g/mol. The minimum atomic E-state index is -1.07. The van der Waals surface area contributed by atoms with Crippen molar-refractivity contribution >= 4 is 9.76 Å². The molecule has 3 heteroatoms. The Balaban J connectivity index is 2.70. The summed E-state index contributed by atoms with van der Waals surface area (Å²) in [4.78, 5) is 0. The average molecular weight is 252 g/mol. The second-order valence-electron chi connectivity index (χ2n) is 6.04. The highest BCUT2D eigenvalue weighted by atomic mass is 28.2. The van der Waals surface area contributed by atoms with Crippen LogP contribution in [0.25, 0.3) is 0 Å². The highest BCUT2D eigenvalue weighted by Gasteiger charge is 2.31. The molecule has 1 aromatic carbocycles. The lowest BCUT2D eigenvalue weighted by Gasteiger charge is -2.33. The van der Waals surface area contributed by atoms with Gasteiger partial charge in [0.25, 0.3) is 0 Å². The van der Waals surface area contributed by atoms with Gasteiger partial charge in [0.15, 0.2) is 15.6 Å². The van der Waals surface area contributed by atoms with Crippen LogP contribution in [0.2, 0.25) is 5.04 Å². The predicted octanol–water partition coefficient (Wildman–Crippen LogP) is 2.82. The van der Waals surface area contributed by atoms with E-state index < -0.39 is 15.6 Å². The van der Waals surface area contributed by atoms with Gasteiger partial charge < -0.3 is 9.53 Å². The third kappa shape index (κ3) is 4.62. The lowest BCUT2D eigenvalue weighted by Crippen LogP contribution is -2.37. The number of hydrogen-bond acceptors (Lipinski definition) is 2. The summed E-state index contributed by atoms with van der Waals surface area (Å²) in [5, 5.41) is 10.6. The minimum Gasteiger partial charge on any atom is -0.397 e. The van der Waals surface area contributed by atoms with Crippen molar-refractivity contribution in [2.45, 2.75) is 51.4 Å². The molecule has 96 valence electrons. The van der Waals surface area contributed by atoms with Crippen molar-refractivity contribution in [3.05, 3.63) is 35.9 Å². The largest absolute Gasteiger partial charge is 0.397 e.